The molecule has 0 radical (unpaired) electrons. The fourth-order valence-corrected chi connectivity index (χ4v) is 4.62. The Labute approximate surface area is 162 Å². The van der Waals surface area contributed by atoms with E-state index in [0.717, 1.165) is 0 Å². The second kappa shape index (κ2) is 8.84. The van der Waals surface area contributed by atoms with Crippen LogP contribution in [-0.4, -0.2) is 73.6 Å². The van der Waals surface area contributed by atoms with E-state index in [2.05, 4.69) is 0 Å². The van der Waals surface area contributed by atoms with Crippen molar-refractivity contribution < 1.29 is 18.0 Å². The molecule has 1 aromatic rings. The van der Waals surface area contributed by atoms with Gasteiger partial charge < -0.3 is 9.80 Å². The maximum Gasteiger partial charge on any atom is 0.253 e. The molecular formula is C19H29N3O4S. The summed E-state index contributed by atoms with van der Waals surface area (Å²) in [5.41, 5.74) is 0.456. The van der Waals surface area contributed by atoms with Crippen molar-refractivity contribution in [2.45, 2.75) is 32.6 Å². The molecule has 1 fully saturated rings. The molecule has 0 bridgehead atoms. The summed E-state index contributed by atoms with van der Waals surface area (Å²) < 4.78 is 26.4. The van der Waals surface area contributed by atoms with Gasteiger partial charge in [0.25, 0.3) is 5.91 Å². The summed E-state index contributed by atoms with van der Waals surface area (Å²) in [6.07, 6.45) is 0. The highest BCUT2D eigenvalue weighted by Crippen LogP contribution is 2.18. The molecule has 27 heavy (non-hydrogen) atoms. The van der Waals surface area contributed by atoms with Crippen LogP contribution in [0.2, 0.25) is 0 Å². The summed E-state index contributed by atoms with van der Waals surface area (Å²) in [5.74, 6) is -0.0842. The average Bonchev–Trinajstić information content (AvgIpc) is 2.67. The van der Waals surface area contributed by atoms with E-state index in [4.69, 9.17) is 0 Å². The Bertz CT molecular complexity index is 763. The molecule has 0 aromatic heterocycles. The van der Waals surface area contributed by atoms with Gasteiger partial charge in [-0.15, -0.1) is 0 Å². The quantitative estimate of drug-likeness (QED) is 0.734. The fraction of sp³-hybridized carbons (Fsp3) is 0.579. The highest BCUT2D eigenvalue weighted by molar-refractivity contribution is 7.89. The summed E-state index contributed by atoms with van der Waals surface area (Å²) >= 11 is 0. The molecule has 1 aliphatic heterocycles. The van der Waals surface area contributed by atoms with Crippen molar-refractivity contribution in [2.75, 3.05) is 39.3 Å². The number of hydrogen-bond donors (Lipinski definition) is 0. The Morgan fingerprint density at radius 1 is 0.963 bits per heavy atom. The average molecular weight is 396 g/mol. The van der Waals surface area contributed by atoms with E-state index in [9.17, 15) is 18.0 Å². The van der Waals surface area contributed by atoms with Crippen molar-refractivity contribution in [3.05, 3.63) is 29.8 Å². The van der Waals surface area contributed by atoms with Crippen LogP contribution in [0.1, 0.15) is 38.1 Å². The monoisotopic (exact) mass is 395 g/mol. The fourth-order valence-electron chi connectivity index (χ4n) is 3.16. The molecule has 1 heterocycles. The highest BCUT2D eigenvalue weighted by Gasteiger charge is 2.27. The van der Waals surface area contributed by atoms with E-state index in [1.807, 2.05) is 13.8 Å². The molecule has 1 aromatic carbocycles. The second-order valence-corrected chi connectivity index (χ2v) is 8.82. The van der Waals surface area contributed by atoms with Gasteiger partial charge in [-0.05, 0) is 24.3 Å². The molecule has 8 heteroatoms. The molecule has 0 aliphatic carbocycles. The third-order valence-corrected chi connectivity index (χ3v) is 6.88. The molecular weight excluding hydrogens is 366 g/mol. The molecule has 1 saturated heterocycles. The van der Waals surface area contributed by atoms with Crippen LogP contribution in [0.5, 0.6) is 0 Å². The largest absolute Gasteiger partial charge is 0.339 e. The second-order valence-electron chi connectivity index (χ2n) is 6.89. The van der Waals surface area contributed by atoms with Gasteiger partial charge in [0, 0.05) is 50.7 Å². The number of carbonyl (C=O) groups excluding carboxylic acids is 2. The Morgan fingerprint density at radius 3 is 1.89 bits per heavy atom. The van der Waals surface area contributed by atoms with Gasteiger partial charge in [0.1, 0.15) is 0 Å². The first-order chi connectivity index (χ1) is 12.7. The van der Waals surface area contributed by atoms with Crippen LogP contribution in [0.3, 0.4) is 0 Å². The van der Waals surface area contributed by atoms with Crippen molar-refractivity contribution in [1.82, 2.24) is 14.1 Å². The smallest absolute Gasteiger partial charge is 0.253 e. The van der Waals surface area contributed by atoms with Gasteiger partial charge in [-0.1, -0.05) is 27.7 Å². The molecule has 7 nitrogen and oxygen atoms in total. The predicted octanol–water partition coefficient (Wildman–Crippen LogP) is 1.66. The van der Waals surface area contributed by atoms with E-state index in [0.29, 0.717) is 44.8 Å². The molecule has 2 amide bonds. The Balaban J connectivity index is 2.06. The maximum atomic E-state index is 12.7. The highest BCUT2D eigenvalue weighted by atomic mass is 32.2. The lowest BCUT2D eigenvalue weighted by molar-refractivity contribution is -0.135. The van der Waals surface area contributed by atoms with Gasteiger partial charge in [-0.2, -0.15) is 4.31 Å². The van der Waals surface area contributed by atoms with E-state index in [1.54, 1.807) is 35.8 Å². The minimum Gasteiger partial charge on any atom is -0.339 e. The maximum absolute atomic E-state index is 12.7. The van der Waals surface area contributed by atoms with Gasteiger partial charge in [0.2, 0.25) is 15.9 Å². The SMILES string of the molecule is CCN(CC)S(=O)(=O)c1ccc(C(=O)N2CCN(C(=O)C(C)C)CC2)cc1. The number of sulfonamides is 1. The van der Waals surface area contributed by atoms with Crippen molar-refractivity contribution >= 4 is 21.8 Å². The molecule has 2 rings (SSSR count). The Morgan fingerprint density at radius 2 is 1.44 bits per heavy atom. The van der Waals surface area contributed by atoms with Gasteiger partial charge >= 0.3 is 0 Å². The number of carbonyl (C=O) groups is 2. The lowest BCUT2D eigenvalue weighted by Gasteiger charge is -2.35. The zero-order chi connectivity index (χ0) is 20.2. The van der Waals surface area contributed by atoms with Gasteiger partial charge in [-0.25, -0.2) is 8.42 Å². The van der Waals surface area contributed by atoms with E-state index < -0.39 is 10.0 Å². The minimum atomic E-state index is -3.53. The predicted molar refractivity (Wildman–Crippen MR) is 104 cm³/mol. The van der Waals surface area contributed by atoms with Crippen molar-refractivity contribution in [1.29, 1.82) is 0 Å². The molecule has 150 valence electrons. The standard InChI is InChI=1S/C19H29N3O4S/c1-5-22(6-2)27(25,26)17-9-7-16(8-10-17)19(24)21-13-11-20(12-14-21)18(23)15(3)4/h7-10,15H,5-6,11-14H2,1-4H3. The molecule has 0 N–H and O–H groups in total. The lowest BCUT2D eigenvalue weighted by atomic mass is 10.1. The number of benzene rings is 1. The first kappa shape index (κ1) is 21.4. The normalized spacial score (nSPS) is 15.5. The first-order valence-corrected chi connectivity index (χ1v) is 10.8. The van der Waals surface area contributed by atoms with Crippen LogP contribution in [0.4, 0.5) is 0 Å². The number of amides is 2. The zero-order valence-corrected chi connectivity index (χ0v) is 17.3. The van der Waals surface area contributed by atoms with Crippen molar-refractivity contribution in [3.63, 3.8) is 0 Å². The number of piperazine rings is 1. The van der Waals surface area contributed by atoms with Crippen LogP contribution < -0.4 is 0 Å². The van der Waals surface area contributed by atoms with E-state index in [-0.39, 0.29) is 22.6 Å². The number of nitrogens with zero attached hydrogens (tertiary/aromatic N) is 3. The number of hydrogen-bond acceptors (Lipinski definition) is 4. The summed E-state index contributed by atoms with van der Waals surface area (Å²) in [4.78, 5) is 28.4. The molecule has 0 saturated carbocycles. The third kappa shape index (κ3) is 4.68. The van der Waals surface area contributed by atoms with E-state index in [1.165, 1.54) is 16.4 Å². The summed E-state index contributed by atoms with van der Waals surface area (Å²) in [6, 6.07) is 6.09. The third-order valence-electron chi connectivity index (χ3n) is 4.82. The van der Waals surface area contributed by atoms with Crippen molar-refractivity contribution in [3.8, 4) is 0 Å². The van der Waals surface area contributed by atoms with E-state index >= 15 is 0 Å². The van der Waals surface area contributed by atoms with Gasteiger partial charge in [-0.3, -0.25) is 9.59 Å². The molecule has 0 spiro atoms. The Kier molecular flexibility index (Phi) is 7.00. The topological polar surface area (TPSA) is 78.0 Å². The minimum absolute atomic E-state index is 0.0486. The van der Waals surface area contributed by atoms with Crippen molar-refractivity contribution in [2.24, 2.45) is 5.92 Å². The molecule has 0 unspecified atom stereocenters. The zero-order valence-electron chi connectivity index (χ0n) is 16.5. The summed E-state index contributed by atoms with van der Waals surface area (Å²) in [7, 11) is -3.53. The van der Waals surface area contributed by atoms with Crippen LogP contribution in [0, 0.1) is 5.92 Å². The first-order valence-electron chi connectivity index (χ1n) is 9.40. The van der Waals surface area contributed by atoms with Gasteiger partial charge in [0.05, 0.1) is 4.90 Å². The van der Waals surface area contributed by atoms with Crippen LogP contribution in [-0.2, 0) is 14.8 Å². The molecule has 1 aliphatic rings. The van der Waals surface area contributed by atoms with Crippen LogP contribution in [0.25, 0.3) is 0 Å². The van der Waals surface area contributed by atoms with Crippen LogP contribution >= 0.6 is 0 Å². The molecule has 0 atom stereocenters. The summed E-state index contributed by atoms with van der Waals surface area (Å²) in [5, 5.41) is 0. The lowest BCUT2D eigenvalue weighted by Crippen LogP contribution is -2.51. The van der Waals surface area contributed by atoms with Crippen LogP contribution in [0.15, 0.2) is 29.2 Å². The Hall–Kier alpha value is -1.93. The number of rotatable bonds is 6. The van der Waals surface area contributed by atoms with Gasteiger partial charge in [0.15, 0.2) is 0 Å². The summed E-state index contributed by atoms with van der Waals surface area (Å²) in [6.45, 7) is 10.1.